The maximum atomic E-state index is 12.6. The molecule has 2 saturated heterocycles. The quantitative estimate of drug-likeness (QED) is 0.839. The monoisotopic (exact) mass is 362 g/mol. The molecule has 6 nitrogen and oxygen atoms in total. The second-order valence-electron chi connectivity index (χ2n) is 7.33. The molecule has 0 aromatic carbocycles. The fourth-order valence-electron chi connectivity index (χ4n) is 4.59. The maximum absolute atomic E-state index is 12.6. The summed E-state index contributed by atoms with van der Waals surface area (Å²) < 4.78 is 0. The van der Waals surface area contributed by atoms with Crippen molar-refractivity contribution in [3.05, 3.63) is 22.4 Å². The molecule has 25 heavy (non-hydrogen) atoms. The minimum absolute atomic E-state index is 0.0116. The molecule has 1 aromatic rings. The Bertz CT molecular complexity index is 635. The van der Waals surface area contributed by atoms with Crippen LogP contribution in [0.3, 0.4) is 0 Å². The number of carbonyl (C=O) groups is 2. The average Bonchev–Trinajstić information content (AvgIpc) is 3.31. The third kappa shape index (κ3) is 3.20. The Morgan fingerprint density at radius 3 is 3.04 bits per heavy atom. The summed E-state index contributed by atoms with van der Waals surface area (Å²) >= 11 is 1.73. The Kier molecular flexibility index (Phi) is 4.80. The van der Waals surface area contributed by atoms with E-state index in [-0.39, 0.29) is 29.8 Å². The zero-order valence-corrected chi connectivity index (χ0v) is 15.4. The third-order valence-corrected chi connectivity index (χ3v) is 6.87. The topological polar surface area (TPSA) is 64.7 Å². The van der Waals surface area contributed by atoms with Gasteiger partial charge in [0, 0.05) is 43.0 Å². The molecule has 3 heterocycles. The van der Waals surface area contributed by atoms with Gasteiger partial charge in [-0.05, 0) is 43.6 Å². The maximum Gasteiger partial charge on any atom is 0.241 e. The van der Waals surface area contributed by atoms with E-state index in [1.54, 1.807) is 11.3 Å². The number of amides is 2. The van der Waals surface area contributed by atoms with Crippen molar-refractivity contribution < 1.29 is 9.59 Å². The number of hydrogen-bond acceptors (Lipinski definition) is 5. The Morgan fingerprint density at radius 2 is 2.24 bits per heavy atom. The van der Waals surface area contributed by atoms with E-state index in [1.807, 2.05) is 18.0 Å². The number of carbonyl (C=O) groups excluding carboxylic acids is 2. The average molecular weight is 362 g/mol. The molecule has 0 spiro atoms. The van der Waals surface area contributed by atoms with Gasteiger partial charge in [-0.25, -0.2) is 5.01 Å². The molecule has 4 rings (SSSR count). The van der Waals surface area contributed by atoms with E-state index in [2.05, 4.69) is 27.2 Å². The van der Waals surface area contributed by atoms with Crippen LogP contribution < -0.4 is 10.7 Å². The van der Waals surface area contributed by atoms with Gasteiger partial charge in [-0.2, -0.15) is 0 Å². The van der Waals surface area contributed by atoms with Gasteiger partial charge in [0.15, 0.2) is 0 Å². The van der Waals surface area contributed by atoms with E-state index in [4.69, 9.17) is 0 Å². The second-order valence-corrected chi connectivity index (χ2v) is 8.37. The molecule has 2 N–H and O–H groups in total. The molecule has 2 amide bonds. The molecule has 1 saturated carbocycles. The SMILES string of the molecule is CN1C(=O)C2CCNN2C2CCC(C(=O)NCCc3cccs3)CC21. The predicted octanol–water partition coefficient (Wildman–Crippen LogP) is 0.995. The number of nitrogens with zero attached hydrogens (tertiary/aromatic N) is 2. The molecule has 1 aliphatic carbocycles. The summed E-state index contributed by atoms with van der Waals surface area (Å²) in [4.78, 5) is 28.4. The number of hydrogen-bond donors (Lipinski definition) is 2. The van der Waals surface area contributed by atoms with Gasteiger partial charge < -0.3 is 10.2 Å². The summed E-state index contributed by atoms with van der Waals surface area (Å²) in [6.07, 6.45) is 4.41. The van der Waals surface area contributed by atoms with Crippen LogP contribution in [0, 0.1) is 5.92 Å². The Labute approximate surface area is 152 Å². The van der Waals surface area contributed by atoms with Crippen LogP contribution >= 0.6 is 11.3 Å². The normalized spacial score (nSPS) is 32.4. The van der Waals surface area contributed by atoms with Gasteiger partial charge in [0.25, 0.3) is 0 Å². The highest BCUT2D eigenvalue weighted by Crippen LogP contribution is 2.36. The van der Waals surface area contributed by atoms with Crippen molar-refractivity contribution in [2.24, 2.45) is 5.92 Å². The number of hydrazine groups is 1. The van der Waals surface area contributed by atoms with Gasteiger partial charge in [0.1, 0.15) is 6.04 Å². The summed E-state index contributed by atoms with van der Waals surface area (Å²) in [5.74, 6) is 0.358. The molecule has 0 bridgehead atoms. The van der Waals surface area contributed by atoms with Crippen molar-refractivity contribution in [3.8, 4) is 0 Å². The van der Waals surface area contributed by atoms with Crippen molar-refractivity contribution in [3.63, 3.8) is 0 Å². The fraction of sp³-hybridized carbons (Fsp3) is 0.667. The minimum atomic E-state index is -0.0116. The fourth-order valence-corrected chi connectivity index (χ4v) is 5.30. The van der Waals surface area contributed by atoms with Crippen LogP contribution in [-0.2, 0) is 16.0 Å². The standard InChI is InChI=1S/C18H26N4O2S/c1-21-16-11-12(17(23)19-8-6-13-3-2-10-25-13)4-5-14(16)22-15(18(21)24)7-9-20-22/h2-3,10,12,14-16,20H,4-9,11H2,1H3,(H,19,23). The van der Waals surface area contributed by atoms with Crippen molar-refractivity contribution in [1.82, 2.24) is 20.7 Å². The number of nitrogens with one attached hydrogen (secondary N) is 2. The lowest BCUT2D eigenvalue weighted by Gasteiger charge is -2.50. The number of thiophene rings is 1. The number of fused-ring (bicyclic) bond motifs is 3. The summed E-state index contributed by atoms with van der Waals surface area (Å²) in [5, 5.41) is 7.34. The predicted molar refractivity (Wildman–Crippen MR) is 97.0 cm³/mol. The molecular formula is C18H26N4O2S. The van der Waals surface area contributed by atoms with Crippen molar-refractivity contribution in [2.45, 2.75) is 50.2 Å². The Hall–Kier alpha value is -1.44. The van der Waals surface area contributed by atoms with Crippen LogP contribution in [0.1, 0.15) is 30.6 Å². The zero-order valence-electron chi connectivity index (χ0n) is 14.6. The number of piperazine rings is 1. The van der Waals surface area contributed by atoms with Gasteiger partial charge in [-0.3, -0.25) is 15.0 Å². The molecule has 7 heteroatoms. The van der Waals surface area contributed by atoms with Crippen LogP contribution in [0.4, 0.5) is 0 Å². The van der Waals surface area contributed by atoms with E-state index < -0.39 is 0 Å². The molecule has 1 aromatic heterocycles. The smallest absolute Gasteiger partial charge is 0.241 e. The second kappa shape index (κ2) is 7.05. The molecule has 3 aliphatic rings. The first kappa shape index (κ1) is 17.0. The van der Waals surface area contributed by atoms with E-state index in [1.165, 1.54) is 4.88 Å². The van der Waals surface area contributed by atoms with Crippen LogP contribution in [0.5, 0.6) is 0 Å². The third-order valence-electron chi connectivity index (χ3n) is 5.94. The van der Waals surface area contributed by atoms with E-state index >= 15 is 0 Å². The number of likely N-dealkylation sites (N-methyl/N-ethyl adjacent to an activating group) is 1. The van der Waals surface area contributed by atoms with E-state index in [9.17, 15) is 9.59 Å². The first-order chi connectivity index (χ1) is 12.1. The highest BCUT2D eigenvalue weighted by molar-refractivity contribution is 7.09. The van der Waals surface area contributed by atoms with Crippen molar-refractivity contribution in [2.75, 3.05) is 20.1 Å². The van der Waals surface area contributed by atoms with Crippen LogP contribution in [0.2, 0.25) is 0 Å². The van der Waals surface area contributed by atoms with Crippen LogP contribution in [0.25, 0.3) is 0 Å². The molecular weight excluding hydrogens is 336 g/mol. The Morgan fingerprint density at radius 1 is 1.36 bits per heavy atom. The Balaban J connectivity index is 1.35. The molecule has 4 atom stereocenters. The lowest BCUT2D eigenvalue weighted by molar-refractivity contribution is -0.153. The summed E-state index contributed by atoms with van der Waals surface area (Å²) in [5.41, 5.74) is 3.39. The molecule has 2 aliphatic heterocycles. The van der Waals surface area contributed by atoms with Crippen LogP contribution in [0.15, 0.2) is 17.5 Å². The van der Waals surface area contributed by atoms with Gasteiger partial charge in [0.05, 0.1) is 0 Å². The number of rotatable bonds is 4. The molecule has 136 valence electrons. The highest BCUT2D eigenvalue weighted by Gasteiger charge is 2.50. The van der Waals surface area contributed by atoms with Crippen molar-refractivity contribution >= 4 is 23.2 Å². The molecule has 0 radical (unpaired) electrons. The molecule has 4 unspecified atom stereocenters. The van der Waals surface area contributed by atoms with Gasteiger partial charge in [0.2, 0.25) is 11.8 Å². The lowest BCUT2D eigenvalue weighted by Crippen LogP contribution is -2.67. The van der Waals surface area contributed by atoms with Gasteiger partial charge in [-0.15, -0.1) is 11.3 Å². The van der Waals surface area contributed by atoms with Gasteiger partial charge >= 0.3 is 0 Å². The largest absolute Gasteiger partial charge is 0.356 e. The minimum Gasteiger partial charge on any atom is -0.356 e. The van der Waals surface area contributed by atoms with Gasteiger partial charge in [-0.1, -0.05) is 6.07 Å². The van der Waals surface area contributed by atoms with E-state index in [0.29, 0.717) is 12.6 Å². The first-order valence-electron chi connectivity index (χ1n) is 9.24. The summed E-state index contributed by atoms with van der Waals surface area (Å²) in [6.45, 7) is 1.56. The first-order valence-corrected chi connectivity index (χ1v) is 10.1. The molecule has 3 fully saturated rings. The zero-order chi connectivity index (χ0) is 17.4. The lowest BCUT2D eigenvalue weighted by atomic mass is 9.79. The summed E-state index contributed by atoms with van der Waals surface area (Å²) in [6, 6.07) is 4.60. The van der Waals surface area contributed by atoms with E-state index in [0.717, 1.165) is 38.6 Å². The highest BCUT2D eigenvalue weighted by atomic mass is 32.1. The van der Waals surface area contributed by atoms with Crippen LogP contribution in [-0.4, -0.2) is 60.0 Å². The summed E-state index contributed by atoms with van der Waals surface area (Å²) in [7, 11) is 1.91. The van der Waals surface area contributed by atoms with Crippen molar-refractivity contribution in [1.29, 1.82) is 0 Å².